The van der Waals surface area contributed by atoms with Crippen LogP contribution < -0.4 is 5.32 Å². The third kappa shape index (κ3) is 4.25. The van der Waals surface area contributed by atoms with E-state index in [1.807, 2.05) is 36.7 Å². The van der Waals surface area contributed by atoms with Gasteiger partial charge in [-0.2, -0.15) is 0 Å². The number of carbonyl (C=O) groups excluding carboxylic acids is 2. The highest BCUT2D eigenvalue weighted by Crippen LogP contribution is 2.38. The molecule has 0 radical (unpaired) electrons. The Morgan fingerprint density at radius 1 is 0.730 bits per heavy atom. The van der Waals surface area contributed by atoms with E-state index in [0.717, 1.165) is 98.0 Å². The van der Waals surface area contributed by atoms with E-state index in [9.17, 15) is 9.59 Å². The molecule has 0 unspecified atom stereocenters. The number of rotatable bonds is 1. The zero-order chi connectivity index (χ0) is 25.4. The molecule has 4 aromatic heterocycles. The van der Waals surface area contributed by atoms with Crippen molar-refractivity contribution in [1.29, 1.82) is 0 Å². The number of imide groups is 1. The van der Waals surface area contributed by atoms with Crippen LogP contribution in [-0.2, 0) is 22.7 Å². The molecule has 6 heterocycles. The predicted molar refractivity (Wildman–Crippen MR) is 145 cm³/mol. The Morgan fingerprint density at radius 3 is 1.76 bits per heavy atom. The van der Waals surface area contributed by atoms with E-state index in [-0.39, 0.29) is 11.8 Å². The Kier molecular flexibility index (Phi) is 6.34. The fraction of sp³-hybridized carbons (Fsp3) is 0.379. The topological polar surface area (TPSA) is 85.0 Å². The number of aromatic nitrogens is 4. The minimum atomic E-state index is -0.360. The lowest BCUT2D eigenvalue weighted by Crippen LogP contribution is -2.26. The Hall–Kier alpha value is -3.78. The number of amides is 2. The predicted octanol–water partition coefficient (Wildman–Crippen LogP) is 4.24. The van der Waals surface area contributed by atoms with Crippen molar-refractivity contribution in [3.63, 3.8) is 0 Å². The molecule has 4 bridgehead atoms. The number of aryl methyl sites for hydroxylation is 2. The lowest BCUT2D eigenvalue weighted by atomic mass is 9.96. The van der Waals surface area contributed by atoms with Crippen LogP contribution in [0.3, 0.4) is 0 Å². The molecule has 0 saturated carbocycles. The molecule has 190 valence electrons. The smallest absolute Gasteiger partial charge is 0.259 e. The van der Waals surface area contributed by atoms with Crippen LogP contribution in [0.5, 0.6) is 0 Å². The average Bonchev–Trinajstić information content (AvgIpc) is 3.55. The number of hydrogen-bond acceptors (Lipinski definition) is 5. The Morgan fingerprint density at radius 2 is 1.22 bits per heavy atom. The SMILES string of the molecule is CCN1CCCCCn2cc(c3cccnc32)C2=C(C(=O)NC2=O)c2cn(c3ncccc23)CCCC1. The second kappa shape index (κ2) is 9.94. The summed E-state index contributed by atoms with van der Waals surface area (Å²) in [7, 11) is 0. The van der Waals surface area contributed by atoms with Crippen LogP contribution in [0.2, 0.25) is 0 Å². The van der Waals surface area contributed by atoms with Crippen LogP contribution in [0.4, 0.5) is 0 Å². The lowest BCUT2D eigenvalue weighted by Gasteiger charge is -2.20. The number of carbonyl (C=O) groups is 2. The minimum Gasteiger partial charge on any atom is -0.332 e. The van der Waals surface area contributed by atoms with E-state index < -0.39 is 0 Å². The van der Waals surface area contributed by atoms with Crippen LogP contribution in [0.1, 0.15) is 50.2 Å². The standard InChI is InChI=1S/C29H32N6O2/c1-2-33-14-4-3-5-16-34-18-22(20-10-8-12-30-26(20)34)24-25(29(37)32-28(24)36)23-19-35(17-7-6-15-33)27-21(23)11-9-13-31-27/h8-13,18-19H,2-7,14-17H2,1H3,(H,32,36,37). The van der Waals surface area contributed by atoms with Gasteiger partial charge in [0.1, 0.15) is 11.3 Å². The van der Waals surface area contributed by atoms with Gasteiger partial charge >= 0.3 is 0 Å². The first-order chi connectivity index (χ1) is 18.2. The maximum atomic E-state index is 13.3. The molecule has 2 amide bonds. The van der Waals surface area contributed by atoms with E-state index in [0.29, 0.717) is 11.1 Å². The summed E-state index contributed by atoms with van der Waals surface area (Å²) in [6.07, 6.45) is 13.0. The zero-order valence-corrected chi connectivity index (χ0v) is 21.2. The molecule has 0 aromatic carbocycles. The number of nitrogens with one attached hydrogen (secondary N) is 1. The van der Waals surface area contributed by atoms with Crippen molar-refractivity contribution < 1.29 is 9.59 Å². The monoisotopic (exact) mass is 496 g/mol. The molecule has 0 atom stereocenters. The molecule has 0 aliphatic carbocycles. The maximum Gasteiger partial charge on any atom is 0.259 e. The lowest BCUT2D eigenvalue weighted by molar-refractivity contribution is -0.122. The van der Waals surface area contributed by atoms with Crippen molar-refractivity contribution in [2.24, 2.45) is 0 Å². The molecule has 6 rings (SSSR count). The molecule has 37 heavy (non-hydrogen) atoms. The van der Waals surface area contributed by atoms with Gasteiger partial charge in [-0.25, -0.2) is 9.97 Å². The molecule has 8 nitrogen and oxygen atoms in total. The third-order valence-corrected chi connectivity index (χ3v) is 7.68. The zero-order valence-electron chi connectivity index (χ0n) is 21.2. The van der Waals surface area contributed by atoms with Crippen molar-refractivity contribution in [1.82, 2.24) is 29.3 Å². The number of fused-ring (bicyclic) bond motifs is 12. The van der Waals surface area contributed by atoms with Crippen LogP contribution in [0.15, 0.2) is 49.1 Å². The van der Waals surface area contributed by atoms with Crippen molar-refractivity contribution in [3.05, 3.63) is 60.2 Å². The van der Waals surface area contributed by atoms with Gasteiger partial charge in [-0.05, 0) is 69.6 Å². The summed E-state index contributed by atoms with van der Waals surface area (Å²) in [5.74, 6) is -0.720. The van der Waals surface area contributed by atoms with Crippen molar-refractivity contribution in [2.75, 3.05) is 19.6 Å². The van der Waals surface area contributed by atoms with Gasteiger partial charge in [0.05, 0.1) is 11.1 Å². The molecule has 2 aliphatic heterocycles. The summed E-state index contributed by atoms with van der Waals surface area (Å²) < 4.78 is 4.27. The summed E-state index contributed by atoms with van der Waals surface area (Å²) in [6, 6.07) is 7.74. The minimum absolute atomic E-state index is 0.359. The summed E-state index contributed by atoms with van der Waals surface area (Å²) in [6.45, 7) is 7.13. The second-order valence-electron chi connectivity index (χ2n) is 9.96. The van der Waals surface area contributed by atoms with Gasteiger partial charge in [0.25, 0.3) is 11.8 Å². The largest absolute Gasteiger partial charge is 0.332 e. The van der Waals surface area contributed by atoms with E-state index in [1.54, 1.807) is 12.4 Å². The van der Waals surface area contributed by atoms with Gasteiger partial charge in [-0.1, -0.05) is 13.3 Å². The molecule has 0 fully saturated rings. The fourth-order valence-electron chi connectivity index (χ4n) is 5.79. The highest BCUT2D eigenvalue weighted by atomic mass is 16.2. The first-order valence-electron chi connectivity index (χ1n) is 13.4. The molecular weight excluding hydrogens is 464 g/mol. The summed E-state index contributed by atoms with van der Waals surface area (Å²) in [5, 5.41) is 4.34. The number of pyridine rings is 2. The maximum absolute atomic E-state index is 13.3. The van der Waals surface area contributed by atoms with Crippen molar-refractivity contribution in [2.45, 2.75) is 52.1 Å². The summed E-state index contributed by atoms with van der Waals surface area (Å²) >= 11 is 0. The van der Waals surface area contributed by atoms with E-state index >= 15 is 0 Å². The summed E-state index contributed by atoms with van der Waals surface area (Å²) in [4.78, 5) is 38.4. The highest BCUT2D eigenvalue weighted by Gasteiger charge is 2.35. The van der Waals surface area contributed by atoms with Crippen LogP contribution in [0, 0.1) is 0 Å². The molecule has 4 aromatic rings. The third-order valence-electron chi connectivity index (χ3n) is 7.68. The van der Waals surface area contributed by atoms with Gasteiger partial charge in [0, 0.05) is 59.8 Å². The molecular formula is C29H32N6O2. The van der Waals surface area contributed by atoms with Crippen molar-refractivity contribution in [3.8, 4) is 0 Å². The average molecular weight is 497 g/mol. The molecule has 0 spiro atoms. The van der Waals surface area contributed by atoms with Crippen LogP contribution >= 0.6 is 0 Å². The van der Waals surface area contributed by atoms with Crippen LogP contribution in [0.25, 0.3) is 33.2 Å². The van der Waals surface area contributed by atoms with Gasteiger partial charge < -0.3 is 14.0 Å². The first-order valence-corrected chi connectivity index (χ1v) is 13.4. The Bertz CT molecular complexity index is 1530. The Balaban J connectivity index is 1.54. The van der Waals surface area contributed by atoms with Gasteiger partial charge in [-0.15, -0.1) is 0 Å². The second-order valence-corrected chi connectivity index (χ2v) is 9.96. The normalized spacial score (nSPS) is 18.2. The van der Waals surface area contributed by atoms with E-state index in [2.05, 4.69) is 36.2 Å². The Labute approximate surface area is 216 Å². The number of hydrogen-bond donors (Lipinski definition) is 1. The number of nitrogens with zero attached hydrogens (tertiary/aromatic N) is 5. The first kappa shape index (κ1) is 23.6. The molecule has 0 saturated heterocycles. The fourth-order valence-corrected chi connectivity index (χ4v) is 5.79. The van der Waals surface area contributed by atoms with E-state index in [1.165, 1.54) is 0 Å². The quantitative estimate of drug-likeness (QED) is 0.399. The van der Waals surface area contributed by atoms with Gasteiger partial charge in [-0.3, -0.25) is 14.9 Å². The molecule has 2 aliphatic rings. The van der Waals surface area contributed by atoms with Crippen LogP contribution in [-0.4, -0.2) is 55.5 Å². The highest BCUT2D eigenvalue weighted by molar-refractivity contribution is 6.50. The van der Waals surface area contributed by atoms with Gasteiger partial charge in [0.2, 0.25) is 0 Å². The van der Waals surface area contributed by atoms with Gasteiger partial charge in [0.15, 0.2) is 0 Å². The molecule has 1 N–H and O–H groups in total. The van der Waals surface area contributed by atoms with Crippen molar-refractivity contribution >= 4 is 45.0 Å². The molecule has 8 heteroatoms. The summed E-state index contributed by atoms with van der Waals surface area (Å²) in [5.41, 5.74) is 4.03. The van der Waals surface area contributed by atoms with E-state index in [4.69, 9.17) is 0 Å².